The van der Waals surface area contributed by atoms with Crippen molar-refractivity contribution in [2.45, 2.75) is 110 Å². The molecule has 0 aromatic carbocycles. The van der Waals surface area contributed by atoms with Gasteiger partial charge in [-0.05, 0) is 12.8 Å². The third kappa shape index (κ3) is 25.1. The van der Waals surface area contributed by atoms with Gasteiger partial charge in [0.15, 0.2) is 0 Å². The summed E-state index contributed by atoms with van der Waals surface area (Å²) in [5.74, 6) is -0.903. The first-order valence-electron chi connectivity index (χ1n) is 8.97. The van der Waals surface area contributed by atoms with Crippen molar-refractivity contribution in [1.82, 2.24) is 0 Å². The van der Waals surface area contributed by atoms with Gasteiger partial charge in [-0.15, -0.1) is 0 Å². The Kier molecular flexibility index (Phi) is 28.7. The van der Waals surface area contributed by atoms with Crippen molar-refractivity contribution in [3.8, 4) is 0 Å². The molecule has 1 radical (unpaired) electrons. The molecule has 0 bridgehead atoms. The second-order valence-electron chi connectivity index (χ2n) is 6.07. The number of hydrogen-bond donors (Lipinski definition) is 0. The molecule has 0 atom stereocenters. The number of carbonyl (C=O) groups excluding carboxylic acids is 1. The SMILES string of the molecule is CCCCCCCCCCCCCCCCCC(=O)[O-].[O-2].[Ti+3]. The van der Waals surface area contributed by atoms with E-state index in [0.29, 0.717) is 0 Å². The van der Waals surface area contributed by atoms with Crippen molar-refractivity contribution in [3.05, 3.63) is 0 Å². The molecule has 0 spiro atoms. The first-order chi connectivity index (χ1) is 9.77. The largest absolute Gasteiger partial charge is 3.00 e. The van der Waals surface area contributed by atoms with Crippen LogP contribution in [0.2, 0.25) is 0 Å². The Hall–Kier alpha value is 0.144. The molecule has 3 nitrogen and oxygen atoms in total. The number of carboxylic acid groups (broad SMARTS) is 1. The number of hydrogen-bond acceptors (Lipinski definition) is 2. The van der Waals surface area contributed by atoms with E-state index in [0.717, 1.165) is 12.8 Å². The van der Waals surface area contributed by atoms with Crippen LogP contribution >= 0.6 is 0 Å². The molecule has 0 aromatic heterocycles. The summed E-state index contributed by atoms with van der Waals surface area (Å²) in [5, 5.41) is 10.2. The Morgan fingerprint density at radius 3 is 1.18 bits per heavy atom. The minimum absolute atomic E-state index is 0. The quantitative estimate of drug-likeness (QED) is 0.295. The van der Waals surface area contributed by atoms with E-state index < -0.39 is 5.97 Å². The zero-order valence-corrected chi connectivity index (χ0v) is 16.1. The number of aliphatic carboxylic acids is 1. The van der Waals surface area contributed by atoms with Gasteiger partial charge < -0.3 is 15.4 Å². The molecule has 0 unspecified atom stereocenters. The third-order valence-electron chi connectivity index (χ3n) is 3.98. The summed E-state index contributed by atoms with van der Waals surface area (Å²) in [4.78, 5) is 10.2. The molecular weight excluding hydrogens is 312 g/mol. The number of rotatable bonds is 16. The minimum atomic E-state index is -0.903. The van der Waals surface area contributed by atoms with Gasteiger partial charge in [0, 0.05) is 5.97 Å². The van der Waals surface area contributed by atoms with Crippen molar-refractivity contribution in [3.63, 3.8) is 0 Å². The number of carbonyl (C=O) groups is 1. The van der Waals surface area contributed by atoms with Crippen LogP contribution in [-0.4, -0.2) is 5.97 Å². The van der Waals surface area contributed by atoms with Gasteiger partial charge in [-0.3, -0.25) is 0 Å². The van der Waals surface area contributed by atoms with E-state index in [1.165, 1.54) is 83.5 Å². The fraction of sp³-hybridized carbons (Fsp3) is 0.944. The minimum Gasteiger partial charge on any atom is -2.00 e. The van der Waals surface area contributed by atoms with Gasteiger partial charge in [0.25, 0.3) is 0 Å². The first-order valence-corrected chi connectivity index (χ1v) is 8.97. The molecule has 0 heterocycles. The number of unbranched alkanes of at least 4 members (excludes halogenated alkanes) is 14. The van der Waals surface area contributed by atoms with E-state index in [-0.39, 0.29) is 33.6 Å². The van der Waals surface area contributed by atoms with Gasteiger partial charge in [-0.1, -0.05) is 96.8 Å². The molecule has 0 saturated heterocycles. The van der Waals surface area contributed by atoms with Crippen LogP contribution in [0.25, 0.3) is 0 Å². The fourth-order valence-electron chi connectivity index (χ4n) is 2.64. The Bertz CT molecular complexity index is 211. The van der Waals surface area contributed by atoms with E-state index >= 15 is 0 Å². The van der Waals surface area contributed by atoms with Gasteiger partial charge in [-0.2, -0.15) is 0 Å². The molecule has 0 aliphatic carbocycles. The van der Waals surface area contributed by atoms with Crippen LogP contribution in [0.5, 0.6) is 0 Å². The molecule has 0 aromatic rings. The van der Waals surface area contributed by atoms with Crippen LogP contribution < -0.4 is 5.11 Å². The molecular formula is C18H35O3Ti. The van der Waals surface area contributed by atoms with Gasteiger partial charge in [-0.25, -0.2) is 0 Å². The first kappa shape index (κ1) is 27.0. The molecule has 0 aliphatic heterocycles. The molecule has 0 aliphatic rings. The van der Waals surface area contributed by atoms with Crippen LogP contribution in [0, 0.1) is 0 Å². The van der Waals surface area contributed by atoms with Crippen molar-refractivity contribution >= 4 is 5.97 Å². The molecule has 0 amide bonds. The average molecular weight is 347 g/mol. The summed E-state index contributed by atoms with van der Waals surface area (Å²) in [6, 6.07) is 0. The zero-order valence-electron chi connectivity index (χ0n) is 14.5. The summed E-state index contributed by atoms with van der Waals surface area (Å²) < 4.78 is 0. The molecule has 129 valence electrons. The Morgan fingerprint density at radius 2 is 0.909 bits per heavy atom. The third-order valence-corrected chi connectivity index (χ3v) is 3.98. The molecule has 4 heteroatoms. The summed E-state index contributed by atoms with van der Waals surface area (Å²) in [6.45, 7) is 2.27. The van der Waals surface area contributed by atoms with E-state index in [9.17, 15) is 9.90 Å². The van der Waals surface area contributed by atoms with Gasteiger partial charge in [0.1, 0.15) is 0 Å². The van der Waals surface area contributed by atoms with Crippen molar-refractivity contribution in [2.24, 2.45) is 0 Å². The topological polar surface area (TPSA) is 68.6 Å². The van der Waals surface area contributed by atoms with Crippen LogP contribution in [0.1, 0.15) is 110 Å². The summed E-state index contributed by atoms with van der Waals surface area (Å²) in [5.41, 5.74) is 0. The van der Waals surface area contributed by atoms with E-state index in [1.54, 1.807) is 0 Å². The normalized spacial score (nSPS) is 9.86. The predicted octanol–water partition coefficient (Wildman–Crippen LogP) is 4.88. The smallest absolute Gasteiger partial charge is 2.00 e. The van der Waals surface area contributed by atoms with Crippen molar-refractivity contribution in [2.75, 3.05) is 0 Å². The van der Waals surface area contributed by atoms with Crippen LogP contribution in [0.3, 0.4) is 0 Å². The number of carboxylic acids is 1. The Labute approximate surface area is 152 Å². The maximum atomic E-state index is 10.2. The predicted molar refractivity (Wildman–Crippen MR) is 85.2 cm³/mol. The molecule has 22 heavy (non-hydrogen) atoms. The summed E-state index contributed by atoms with van der Waals surface area (Å²) in [7, 11) is 0. The van der Waals surface area contributed by atoms with Gasteiger partial charge in [0.2, 0.25) is 0 Å². The van der Waals surface area contributed by atoms with E-state index in [2.05, 4.69) is 6.92 Å². The monoisotopic (exact) mass is 347 g/mol. The second kappa shape index (κ2) is 23.4. The van der Waals surface area contributed by atoms with Crippen molar-refractivity contribution in [1.29, 1.82) is 0 Å². The zero-order chi connectivity index (χ0) is 14.9. The average Bonchev–Trinajstić information content (AvgIpc) is 2.43. The van der Waals surface area contributed by atoms with Gasteiger partial charge >= 0.3 is 21.7 Å². The molecule has 0 fully saturated rings. The molecule has 0 N–H and O–H groups in total. The molecule has 0 rings (SSSR count). The Morgan fingerprint density at radius 1 is 0.636 bits per heavy atom. The summed E-state index contributed by atoms with van der Waals surface area (Å²) in [6.07, 6.45) is 19.9. The van der Waals surface area contributed by atoms with Crippen LogP contribution in [0.15, 0.2) is 0 Å². The maximum Gasteiger partial charge on any atom is 3.00 e. The standard InChI is InChI=1S/C18H36O2.O.Ti/c1-2-3-4-5-6-7-8-9-10-11-12-13-14-15-16-17-18(19)20;;/h2-17H2,1H3,(H,19,20);;/q;-2;+3/p-1. The van der Waals surface area contributed by atoms with Crippen LogP contribution in [-0.2, 0) is 32.0 Å². The van der Waals surface area contributed by atoms with E-state index in [1.807, 2.05) is 0 Å². The van der Waals surface area contributed by atoms with Crippen LogP contribution in [0.4, 0.5) is 0 Å². The maximum absolute atomic E-state index is 10.2. The van der Waals surface area contributed by atoms with Gasteiger partial charge in [0.05, 0.1) is 0 Å². The second-order valence-corrected chi connectivity index (χ2v) is 6.07. The summed E-state index contributed by atoms with van der Waals surface area (Å²) >= 11 is 0. The van der Waals surface area contributed by atoms with E-state index in [4.69, 9.17) is 0 Å². The van der Waals surface area contributed by atoms with Crippen molar-refractivity contribution < 1.29 is 37.1 Å². The molecule has 0 saturated carbocycles. The fourth-order valence-corrected chi connectivity index (χ4v) is 2.64. The Balaban J connectivity index is -0.00000180.